The summed E-state index contributed by atoms with van der Waals surface area (Å²) in [4.78, 5) is 27.9. The molecular weight excluding hydrogens is 535 g/mol. The van der Waals surface area contributed by atoms with Gasteiger partial charge in [0.1, 0.15) is 12.6 Å². The summed E-state index contributed by atoms with van der Waals surface area (Å²) in [5.41, 5.74) is 0.259. The molecule has 0 aliphatic carbocycles. The van der Waals surface area contributed by atoms with Crippen molar-refractivity contribution in [2.75, 3.05) is 17.1 Å². The molecule has 0 bridgehead atoms. The highest BCUT2D eigenvalue weighted by molar-refractivity contribution is 7.92. The van der Waals surface area contributed by atoms with Crippen LogP contribution in [0.4, 0.5) is 14.5 Å². The Morgan fingerprint density at radius 2 is 1.69 bits per heavy atom. The zero-order chi connectivity index (χ0) is 27.2. The smallest absolute Gasteiger partial charge is 0.244 e. The van der Waals surface area contributed by atoms with E-state index in [9.17, 15) is 26.8 Å². The second-order valence-electron chi connectivity index (χ2n) is 8.37. The first kappa shape index (κ1) is 29.8. The molecule has 2 aromatic carbocycles. The monoisotopic (exact) mass is 563 g/mol. The lowest BCUT2D eigenvalue weighted by molar-refractivity contribution is -0.140. The van der Waals surface area contributed by atoms with Crippen LogP contribution < -0.4 is 9.62 Å². The Bertz CT molecular complexity index is 1210. The molecule has 0 saturated heterocycles. The quantitative estimate of drug-likeness (QED) is 0.427. The first-order valence-electron chi connectivity index (χ1n) is 11.2. The molecule has 198 valence electrons. The van der Waals surface area contributed by atoms with Crippen LogP contribution in [0.5, 0.6) is 0 Å². The van der Waals surface area contributed by atoms with Crippen molar-refractivity contribution in [2.45, 2.75) is 52.2 Å². The molecule has 0 aliphatic heterocycles. The van der Waals surface area contributed by atoms with Crippen LogP contribution in [-0.4, -0.2) is 50.0 Å². The zero-order valence-electron chi connectivity index (χ0n) is 20.4. The molecule has 7 nitrogen and oxygen atoms in total. The van der Waals surface area contributed by atoms with E-state index in [0.29, 0.717) is 27.4 Å². The largest absolute Gasteiger partial charge is 0.352 e. The summed E-state index contributed by atoms with van der Waals surface area (Å²) >= 11 is 12.3. The SMILES string of the molecule is CC[C@H](C)NC(=O)[C@H](CC)N(Cc1ccc(Cl)cc1Cl)C(=O)CN(c1ccc(F)c(F)c1)S(C)(=O)=O. The maximum atomic E-state index is 13.9. The number of benzene rings is 2. The molecular formula is C24H29Cl2F2N3O4S. The number of anilines is 1. The van der Waals surface area contributed by atoms with Crippen molar-refractivity contribution in [1.29, 1.82) is 0 Å². The van der Waals surface area contributed by atoms with Crippen molar-refractivity contribution < 1.29 is 26.8 Å². The molecule has 36 heavy (non-hydrogen) atoms. The van der Waals surface area contributed by atoms with Crippen LogP contribution in [0.25, 0.3) is 0 Å². The standard InChI is InChI=1S/C24H29Cl2F2N3O4S/c1-5-15(3)29-24(33)22(6-2)30(13-16-7-8-17(25)11-19(16)26)23(32)14-31(36(4,34)35)18-9-10-20(27)21(28)12-18/h7-12,15,22H,5-6,13-14H2,1-4H3,(H,29,33)/t15-,22-/m0/s1. The number of nitrogens with zero attached hydrogens (tertiary/aromatic N) is 2. The third-order valence-corrected chi connectivity index (χ3v) is 7.34. The first-order chi connectivity index (χ1) is 16.8. The molecule has 2 rings (SSSR count). The second-order valence-corrected chi connectivity index (χ2v) is 11.1. The van der Waals surface area contributed by atoms with Crippen molar-refractivity contribution in [2.24, 2.45) is 0 Å². The van der Waals surface area contributed by atoms with Gasteiger partial charge in [-0.3, -0.25) is 13.9 Å². The van der Waals surface area contributed by atoms with Gasteiger partial charge in [-0.1, -0.05) is 43.1 Å². The summed E-state index contributed by atoms with van der Waals surface area (Å²) in [5.74, 6) is -3.57. The Hall–Kier alpha value is -2.43. The number of hydrogen-bond donors (Lipinski definition) is 1. The average Bonchev–Trinajstić information content (AvgIpc) is 2.79. The van der Waals surface area contributed by atoms with Gasteiger partial charge in [-0.05, 0) is 49.6 Å². The summed E-state index contributed by atoms with van der Waals surface area (Å²) in [6, 6.07) is 6.08. The van der Waals surface area contributed by atoms with Gasteiger partial charge in [-0.15, -0.1) is 0 Å². The predicted octanol–water partition coefficient (Wildman–Crippen LogP) is 4.76. The minimum absolute atomic E-state index is 0.114. The van der Waals surface area contributed by atoms with E-state index in [0.717, 1.165) is 18.4 Å². The lowest BCUT2D eigenvalue weighted by Crippen LogP contribution is -2.53. The van der Waals surface area contributed by atoms with Gasteiger partial charge in [-0.25, -0.2) is 17.2 Å². The van der Waals surface area contributed by atoms with Crippen LogP contribution in [0, 0.1) is 11.6 Å². The molecule has 0 aromatic heterocycles. The lowest BCUT2D eigenvalue weighted by atomic mass is 10.1. The Morgan fingerprint density at radius 1 is 1.03 bits per heavy atom. The van der Waals surface area contributed by atoms with Gasteiger partial charge in [0.25, 0.3) is 0 Å². The first-order valence-corrected chi connectivity index (χ1v) is 13.8. The van der Waals surface area contributed by atoms with Crippen molar-refractivity contribution in [3.63, 3.8) is 0 Å². The number of carbonyl (C=O) groups is 2. The maximum Gasteiger partial charge on any atom is 0.244 e. The van der Waals surface area contributed by atoms with Crippen LogP contribution >= 0.6 is 23.2 Å². The molecule has 2 amide bonds. The van der Waals surface area contributed by atoms with E-state index in [2.05, 4.69) is 5.32 Å². The number of amides is 2. The minimum atomic E-state index is -4.09. The molecule has 0 fully saturated rings. The number of carbonyl (C=O) groups excluding carboxylic acids is 2. The van der Waals surface area contributed by atoms with Gasteiger partial charge < -0.3 is 10.2 Å². The van der Waals surface area contributed by atoms with Gasteiger partial charge in [-0.2, -0.15) is 0 Å². The van der Waals surface area contributed by atoms with Gasteiger partial charge in [0.15, 0.2) is 11.6 Å². The molecule has 0 aliphatic rings. The number of halogens is 4. The summed E-state index contributed by atoms with van der Waals surface area (Å²) < 4.78 is 53.0. The number of rotatable bonds is 11. The molecule has 0 saturated carbocycles. The van der Waals surface area contributed by atoms with E-state index >= 15 is 0 Å². The topological polar surface area (TPSA) is 86.8 Å². The van der Waals surface area contributed by atoms with Crippen molar-refractivity contribution in [3.05, 3.63) is 63.6 Å². The molecule has 0 spiro atoms. The number of hydrogen-bond acceptors (Lipinski definition) is 4. The highest BCUT2D eigenvalue weighted by Gasteiger charge is 2.32. The summed E-state index contributed by atoms with van der Waals surface area (Å²) in [6.45, 7) is 4.57. The van der Waals surface area contributed by atoms with Gasteiger partial charge in [0, 0.05) is 28.7 Å². The fraction of sp³-hybridized carbons (Fsp3) is 0.417. The molecule has 12 heteroatoms. The highest BCUT2D eigenvalue weighted by atomic mass is 35.5. The van der Waals surface area contributed by atoms with E-state index in [1.54, 1.807) is 19.1 Å². The Balaban J connectivity index is 2.50. The molecule has 1 N–H and O–H groups in total. The zero-order valence-corrected chi connectivity index (χ0v) is 22.7. The molecule has 2 aromatic rings. The summed E-state index contributed by atoms with van der Waals surface area (Å²) in [6.07, 6.45) is 1.73. The van der Waals surface area contributed by atoms with E-state index < -0.39 is 46.1 Å². The molecule has 0 heterocycles. The average molecular weight is 564 g/mol. The van der Waals surface area contributed by atoms with Crippen LogP contribution in [0.3, 0.4) is 0 Å². The maximum absolute atomic E-state index is 13.9. The third-order valence-electron chi connectivity index (χ3n) is 5.61. The predicted molar refractivity (Wildman–Crippen MR) is 138 cm³/mol. The fourth-order valence-corrected chi connectivity index (χ4v) is 4.76. The van der Waals surface area contributed by atoms with E-state index in [1.165, 1.54) is 11.0 Å². The van der Waals surface area contributed by atoms with Gasteiger partial charge in [0.05, 0.1) is 11.9 Å². The fourth-order valence-electron chi connectivity index (χ4n) is 3.45. The Kier molecular flexibility index (Phi) is 10.5. The molecule has 0 radical (unpaired) electrons. The van der Waals surface area contributed by atoms with Crippen LogP contribution in [0.1, 0.15) is 39.2 Å². The molecule has 2 atom stereocenters. The van der Waals surface area contributed by atoms with E-state index in [-0.39, 0.29) is 29.7 Å². The van der Waals surface area contributed by atoms with E-state index in [1.807, 2.05) is 13.8 Å². The normalized spacial score (nSPS) is 13.1. The van der Waals surface area contributed by atoms with Gasteiger partial charge >= 0.3 is 0 Å². The second kappa shape index (κ2) is 12.7. The number of nitrogens with one attached hydrogen (secondary N) is 1. The Labute approximate surface area is 220 Å². The summed E-state index contributed by atoms with van der Waals surface area (Å²) in [5, 5.41) is 3.49. The van der Waals surface area contributed by atoms with Gasteiger partial charge in [0.2, 0.25) is 21.8 Å². The van der Waals surface area contributed by atoms with Crippen LogP contribution in [0.15, 0.2) is 36.4 Å². The van der Waals surface area contributed by atoms with Crippen molar-refractivity contribution in [1.82, 2.24) is 10.2 Å². The highest BCUT2D eigenvalue weighted by Crippen LogP contribution is 2.25. The van der Waals surface area contributed by atoms with E-state index in [4.69, 9.17) is 23.2 Å². The number of sulfonamides is 1. The van der Waals surface area contributed by atoms with Crippen LogP contribution in [-0.2, 0) is 26.2 Å². The Morgan fingerprint density at radius 3 is 2.22 bits per heavy atom. The third kappa shape index (κ3) is 7.78. The van der Waals surface area contributed by atoms with Crippen LogP contribution in [0.2, 0.25) is 10.0 Å². The lowest BCUT2D eigenvalue weighted by Gasteiger charge is -2.33. The minimum Gasteiger partial charge on any atom is -0.352 e. The molecule has 0 unspecified atom stereocenters. The summed E-state index contributed by atoms with van der Waals surface area (Å²) in [7, 11) is -4.09. The van der Waals surface area contributed by atoms with Crippen molar-refractivity contribution >= 4 is 50.7 Å². The van der Waals surface area contributed by atoms with Crippen molar-refractivity contribution in [3.8, 4) is 0 Å².